The average Bonchev–Trinajstić information content (AvgIpc) is 2.67. The van der Waals surface area contributed by atoms with Gasteiger partial charge in [0.15, 0.2) is 5.78 Å². The maximum atomic E-state index is 13.3. The summed E-state index contributed by atoms with van der Waals surface area (Å²) < 4.78 is 13.3. The molecule has 0 saturated heterocycles. The Bertz CT molecular complexity index is 848. The highest BCUT2D eigenvalue weighted by Gasteiger charge is 2.18. The molecule has 0 fully saturated rings. The quantitative estimate of drug-likeness (QED) is 0.420. The maximum absolute atomic E-state index is 13.3. The topological polar surface area (TPSA) is 17.1 Å². The molecule has 0 aliphatic carbocycles. The van der Waals surface area contributed by atoms with Crippen molar-refractivity contribution < 1.29 is 9.18 Å². The number of carbonyl (C=O) groups is 1. The fraction of sp³-hybridized carbons (Fsp3) is 0.136. The third-order valence-electron chi connectivity index (χ3n) is 4.07. The fourth-order valence-corrected chi connectivity index (χ4v) is 3.97. The summed E-state index contributed by atoms with van der Waals surface area (Å²) in [7, 11) is 0. The van der Waals surface area contributed by atoms with E-state index in [1.165, 1.54) is 17.7 Å². The lowest BCUT2D eigenvalue weighted by atomic mass is 10.0. The molecule has 0 N–H and O–H groups in total. The molecule has 0 aromatic heterocycles. The summed E-state index contributed by atoms with van der Waals surface area (Å²) in [6.07, 6.45) is 0.352. The summed E-state index contributed by atoms with van der Waals surface area (Å²) >= 11 is 7.59. The molecule has 0 saturated carbocycles. The molecule has 0 radical (unpaired) electrons. The third-order valence-corrected chi connectivity index (χ3v) is 5.67. The highest BCUT2D eigenvalue weighted by Crippen LogP contribution is 2.35. The third kappa shape index (κ3) is 5.20. The first kappa shape index (κ1) is 18.7. The molecule has 0 amide bonds. The smallest absolute Gasteiger partial charge is 0.164 e. The first-order valence-electron chi connectivity index (χ1n) is 8.31. The Morgan fingerprint density at radius 1 is 0.923 bits per heavy atom. The van der Waals surface area contributed by atoms with E-state index >= 15 is 0 Å². The molecule has 1 nitrogen and oxygen atoms in total. The van der Waals surface area contributed by atoms with E-state index in [1.54, 1.807) is 48.2 Å². The molecule has 132 valence electrons. The molecule has 3 rings (SSSR count). The monoisotopic (exact) mass is 384 g/mol. The predicted octanol–water partition coefficient (Wildman–Crippen LogP) is 6.73. The second-order valence-electron chi connectivity index (χ2n) is 5.97. The number of benzene rings is 3. The van der Waals surface area contributed by atoms with Crippen LogP contribution in [0.3, 0.4) is 0 Å². The van der Waals surface area contributed by atoms with Crippen molar-refractivity contribution in [1.29, 1.82) is 0 Å². The van der Waals surface area contributed by atoms with Crippen molar-refractivity contribution in [1.82, 2.24) is 0 Å². The number of halogens is 2. The van der Waals surface area contributed by atoms with Crippen LogP contribution < -0.4 is 0 Å². The SMILES string of the molecule is O=C(C[C@@H](SCc1ccccc1)c1ccc(F)cc1)c1ccc(Cl)cc1. The van der Waals surface area contributed by atoms with Crippen molar-refractivity contribution in [2.75, 3.05) is 0 Å². The molecule has 26 heavy (non-hydrogen) atoms. The van der Waals surface area contributed by atoms with E-state index < -0.39 is 0 Å². The number of ketones is 1. The van der Waals surface area contributed by atoms with Gasteiger partial charge in [0.2, 0.25) is 0 Å². The van der Waals surface area contributed by atoms with Crippen molar-refractivity contribution in [2.45, 2.75) is 17.4 Å². The number of Topliss-reactive ketones (excluding diaryl/α,β-unsaturated/α-hetero) is 1. The Morgan fingerprint density at radius 3 is 2.23 bits per heavy atom. The predicted molar refractivity (Wildman–Crippen MR) is 107 cm³/mol. The summed E-state index contributed by atoms with van der Waals surface area (Å²) in [5, 5.41) is 0.564. The largest absolute Gasteiger partial charge is 0.294 e. The standard InChI is InChI=1S/C22H18ClFOS/c23-19-10-6-17(7-11-19)21(25)14-22(18-8-12-20(24)13-9-18)26-15-16-4-2-1-3-5-16/h1-13,22H,14-15H2/t22-/m1/s1. The minimum atomic E-state index is -0.274. The highest BCUT2D eigenvalue weighted by molar-refractivity contribution is 7.98. The van der Waals surface area contributed by atoms with Gasteiger partial charge in [-0.25, -0.2) is 4.39 Å². The van der Waals surface area contributed by atoms with Crippen LogP contribution in [0.4, 0.5) is 4.39 Å². The van der Waals surface area contributed by atoms with Crippen LogP contribution >= 0.6 is 23.4 Å². The van der Waals surface area contributed by atoms with Crippen molar-refractivity contribution in [3.05, 3.63) is 106 Å². The number of thioether (sulfide) groups is 1. The molecule has 3 aromatic carbocycles. The molecule has 3 aromatic rings. The molecule has 0 aliphatic rings. The van der Waals surface area contributed by atoms with Gasteiger partial charge in [0.1, 0.15) is 5.82 Å². The normalized spacial score (nSPS) is 11.9. The zero-order valence-electron chi connectivity index (χ0n) is 14.1. The Balaban J connectivity index is 1.76. The molecule has 0 unspecified atom stereocenters. The molecule has 0 spiro atoms. The zero-order chi connectivity index (χ0) is 18.4. The molecular formula is C22H18ClFOS. The van der Waals surface area contributed by atoms with Crippen LogP contribution in [-0.2, 0) is 5.75 Å². The van der Waals surface area contributed by atoms with Crippen molar-refractivity contribution in [3.8, 4) is 0 Å². The first-order chi connectivity index (χ1) is 12.6. The summed E-state index contributed by atoms with van der Waals surface area (Å²) in [5.41, 5.74) is 2.79. The van der Waals surface area contributed by atoms with Gasteiger partial charge >= 0.3 is 0 Å². The van der Waals surface area contributed by atoms with Crippen molar-refractivity contribution >= 4 is 29.1 Å². The first-order valence-corrected chi connectivity index (χ1v) is 9.74. The second kappa shape index (κ2) is 9.02. The van der Waals surface area contributed by atoms with Gasteiger partial charge in [-0.3, -0.25) is 4.79 Å². The molecule has 0 heterocycles. The van der Waals surface area contributed by atoms with Crippen LogP contribution in [0.2, 0.25) is 5.02 Å². The van der Waals surface area contributed by atoms with E-state index in [0.717, 1.165) is 11.3 Å². The Kier molecular flexibility index (Phi) is 6.48. The summed E-state index contributed by atoms with van der Waals surface area (Å²) in [6.45, 7) is 0. The van der Waals surface area contributed by atoms with Gasteiger partial charge in [0.05, 0.1) is 0 Å². The van der Waals surface area contributed by atoms with Gasteiger partial charge in [0, 0.05) is 28.0 Å². The van der Waals surface area contributed by atoms with Crippen LogP contribution in [0.1, 0.15) is 33.2 Å². The van der Waals surface area contributed by atoms with Gasteiger partial charge in [-0.05, 0) is 47.5 Å². The zero-order valence-corrected chi connectivity index (χ0v) is 15.6. The Morgan fingerprint density at radius 2 is 1.58 bits per heavy atom. The summed E-state index contributed by atoms with van der Waals surface area (Å²) in [6, 6.07) is 23.4. The minimum Gasteiger partial charge on any atom is -0.294 e. The molecular weight excluding hydrogens is 367 g/mol. The van der Waals surface area contributed by atoms with Crippen LogP contribution in [0.15, 0.2) is 78.9 Å². The van der Waals surface area contributed by atoms with Gasteiger partial charge in [-0.1, -0.05) is 54.1 Å². The lowest BCUT2D eigenvalue weighted by Crippen LogP contribution is -2.06. The molecule has 4 heteroatoms. The van der Waals surface area contributed by atoms with Crippen LogP contribution in [0.5, 0.6) is 0 Å². The summed E-state index contributed by atoms with van der Waals surface area (Å²) in [4.78, 5) is 12.7. The Hall–Kier alpha value is -2.10. The number of hydrogen-bond donors (Lipinski definition) is 0. The number of rotatable bonds is 7. The van der Waals surface area contributed by atoms with E-state index in [9.17, 15) is 9.18 Å². The molecule has 0 aliphatic heterocycles. The second-order valence-corrected chi connectivity index (χ2v) is 7.60. The van der Waals surface area contributed by atoms with E-state index in [1.807, 2.05) is 18.2 Å². The maximum Gasteiger partial charge on any atom is 0.164 e. The van der Waals surface area contributed by atoms with E-state index in [-0.39, 0.29) is 16.9 Å². The van der Waals surface area contributed by atoms with E-state index in [4.69, 9.17) is 11.6 Å². The van der Waals surface area contributed by atoms with Gasteiger partial charge in [-0.15, -0.1) is 11.8 Å². The average molecular weight is 385 g/mol. The number of carbonyl (C=O) groups excluding carboxylic acids is 1. The minimum absolute atomic E-state index is 0.0426. The van der Waals surface area contributed by atoms with Gasteiger partial charge < -0.3 is 0 Å². The van der Waals surface area contributed by atoms with Crippen molar-refractivity contribution in [2.24, 2.45) is 0 Å². The van der Waals surface area contributed by atoms with Gasteiger partial charge in [0.25, 0.3) is 0 Å². The van der Waals surface area contributed by atoms with E-state index in [2.05, 4.69) is 12.1 Å². The highest BCUT2D eigenvalue weighted by atomic mass is 35.5. The van der Waals surface area contributed by atoms with Crippen LogP contribution in [-0.4, -0.2) is 5.78 Å². The fourth-order valence-electron chi connectivity index (χ4n) is 2.64. The van der Waals surface area contributed by atoms with Crippen LogP contribution in [0.25, 0.3) is 0 Å². The van der Waals surface area contributed by atoms with Gasteiger partial charge in [-0.2, -0.15) is 0 Å². The summed E-state index contributed by atoms with van der Waals surface area (Å²) in [5.74, 6) is 0.567. The molecule has 1 atom stereocenters. The molecule has 0 bridgehead atoms. The van der Waals surface area contributed by atoms with Crippen LogP contribution in [0, 0.1) is 5.82 Å². The lowest BCUT2D eigenvalue weighted by molar-refractivity contribution is 0.0982. The van der Waals surface area contributed by atoms with E-state index in [0.29, 0.717) is 17.0 Å². The Labute approximate surface area is 162 Å². The lowest BCUT2D eigenvalue weighted by Gasteiger charge is -2.17. The van der Waals surface area contributed by atoms with Crippen molar-refractivity contribution in [3.63, 3.8) is 0 Å². The number of hydrogen-bond acceptors (Lipinski definition) is 2.